The van der Waals surface area contributed by atoms with E-state index in [4.69, 9.17) is 4.42 Å². The van der Waals surface area contributed by atoms with Crippen molar-refractivity contribution in [3.05, 3.63) is 36.2 Å². The molecule has 3 rings (SSSR count). The van der Waals surface area contributed by atoms with Crippen LogP contribution in [-0.2, 0) is 0 Å². The predicted molar refractivity (Wildman–Crippen MR) is 68.7 cm³/mol. The average Bonchev–Trinajstić information content (AvgIpc) is 2.82. The lowest BCUT2D eigenvalue weighted by Gasteiger charge is -2.23. The van der Waals surface area contributed by atoms with Gasteiger partial charge in [-0.2, -0.15) is 0 Å². The highest BCUT2D eigenvalue weighted by Crippen LogP contribution is 2.25. The highest BCUT2D eigenvalue weighted by atomic mass is 16.3. The summed E-state index contributed by atoms with van der Waals surface area (Å²) in [5.74, 6) is 0.793. The standard InChI is InChI=1S/C14H16N2O/c1-2-16-9-7-11(8-10-16)14-15-12-5-3-4-6-13(12)17-14/h3-7H,2,8-10H2,1H3. The maximum Gasteiger partial charge on any atom is 0.222 e. The molecule has 3 heteroatoms. The summed E-state index contributed by atoms with van der Waals surface area (Å²) in [6.07, 6.45) is 3.26. The van der Waals surface area contributed by atoms with Gasteiger partial charge in [0.05, 0.1) is 0 Å². The molecule has 0 unspecified atom stereocenters. The van der Waals surface area contributed by atoms with Crippen LogP contribution in [0.3, 0.4) is 0 Å². The number of benzene rings is 1. The van der Waals surface area contributed by atoms with Crippen molar-refractivity contribution in [2.24, 2.45) is 0 Å². The monoisotopic (exact) mass is 228 g/mol. The van der Waals surface area contributed by atoms with Crippen molar-refractivity contribution in [1.82, 2.24) is 9.88 Å². The first-order chi connectivity index (χ1) is 8.36. The Morgan fingerprint density at radius 1 is 1.35 bits per heavy atom. The Hall–Kier alpha value is -1.61. The summed E-state index contributed by atoms with van der Waals surface area (Å²) in [6.45, 7) is 5.40. The van der Waals surface area contributed by atoms with Crippen LogP contribution in [0.2, 0.25) is 0 Å². The van der Waals surface area contributed by atoms with Crippen molar-refractivity contribution in [1.29, 1.82) is 0 Å². The van der Waals surface area contributed by atoms with Crippen molar-refractivity contribution >= 4 is 16.7 Å². The summed E-state index contributed by atoms with van der Waals surface area (Å²) in [5.41, 5.74) is 3.06. The number of hydrogen-bond donors (Lipinski definition) is 0. The summed E-state index contributed by atoms with van der Waals surface area (Å²) in [7, 11) is 0. The number of fused-ring (bicyclic) bond motifs is 1. The van der Waals surface area contributed by atoms with E-state index in [1.54, 1.807) is 0 Å². The third-order valence-corrected chi connectivity index (χ3v) is 3.31. The van der Waals surface area contributed by atoms with Gasteiger partial charge in [-0.05, 0) is 25.1 Å². The Bertz CT molecular complexity index is 523. The van der Waals surface area contributed by atoms with Gasteiger partial charge in [-0.1, -0.05) is 25.1 Å². The number of nitrogens with zero attached hydrogens (tertiary/aromatic N) is 2. The van der Waals surface area contributed by atoms with Crippen molar-refractivity contribution in [3.63, 3.8) is 0 Å². The van der Waals surface area contributed by atoms with E-state index in [0.717, 1.165) is 43.0 Å². The minimum atomic E-state index is 0.793. The molecule has 0 saturated heterocycles. The Labute approximate surface area is 101 Å². The second-order valence-electron chi connectivity index (χ2n) is 4.36. The minimum Gasteiger partial charge on any atom is -0.436 e. The quantitative estimate of drug-likeness (QED) is 0.791. The second kappa shape index (κ2) is 4.34. The molecular formula is C14H16N2O. The Kier molecular flexibility index (Phi) is 2.69. The lowest BCUT2D eigenvalue weighted by molar-refractivity contribution is 0.317. The molecule has 88 valence electrons. The molecule has 3 nitrogen and oxygen atoms in total. The van der Waals surface area contributed by atoms with Crippen LogP contribution in [0.4, 0.5) is 0 Å². The summed E-state index contributed by atoms with van der Waals surface area (Å²) in [6, 6.07) is 7.92. The zero-order chi connectivity index (χ0) is 11.7. The maximum absolute atomic E-state index is 5.78. The van der Waals surface area contributed by atoms with Crippen molar-refractivity contribution in [2.45, 2.75) is 13.3 Å². The molecule has 2 heterocycles. The molecule has 0 bridgehead atoms. The molecule has 0 saturated carbocycles. The number of oxazole rings is 1. The van der Waals surface area contributed by atoms with Gasteiger partial charge in [-0.15, -0.1) is 0 Å². The Morgan fingerprint density at radius 2 is 2.24 bits per heavy atom. The lowest BCUT2D eigenvalue weighted by atomic mass is 10.1. The fourth-order valence-corrected chi connectivity index (χ4v) is 2.20. The second-order valence-corrected chi connectivity index (χ2v) is 4.36. The van der Waals surface area contributed by atoms with E-state index in [1.807, 2.05) is 24.3 Å². The molecule has 1 aliphatic rings. The van der Waals surface area contributed by atoms with E-state index < -0.39 is 0 Å². The number of rotatable bonds is 2. The maximum atomic E-state index is 5.78. The van der Waals surface area contributed by atoms with Crippen LogP contribution in [0, 0.1) is 0 Å². The highest BCUT2D eigenvalue weighted by molar-refractivity contribution is 5.75. The zero-order valence-corrected chi connectivity index (χ0v) is 10.0. The molecular weight excluding hydrogens is 212 g/mol. The van der Waals surface area contributed by atoms with Crippen LogP contribution in [-0.4, -0.2) is 29.5 Å². The van der Waals surface area contributed by atoms with Crippen LogP contribution in [0.1, 0.15) is 19.2 Å². The Balaban J connectivity index is 1.91. The van der Waals surface area contributed by atoms with E-state index in [2.05, 4.69) is 22.9 Å². The number of likely N-dealkylation sites (N-methyl/N-ethyl adjacent to an activating group) is 1. The Morgan fingerprint density at radius 3 is 2.94 bits per heavy atom. The molecule has 1 aliphatic heterocycles. The van der Waals surface area contributed by atoms with Gasteiger partial charge in [-0.3, -0.25) is 4.90 Å². The molecule has 0 atom stereocenters. The number of para-hydroxylation sites is 2. The van der Waals surface area contributed by atoms with Crippen molar-refractivity contribution in [3.8, 4) is 0 Å². The summed E-state index contributed by atoms with van der Waals surface area (Å²) >= 11 is 0. The zero-order valence-electron chi connectivity index (χ0n) is 10.0. The van der Waals surface area contributed by atoms with Crippen LogP contribution in [0.5, 0.6) is 0 Å². The summed E-state index contributed by atoms with van der Waals surface area (Å²) < 4.78 is 5.78. The van der Waals surface area contributed by atoms with Gasteiger partial charge in [0.25, 0.3) is 0 Å². The van der Waals surface area contributed by atoms with Crippen LogP contribution in [0.15, 0.2) is 34.8 Å². The fraction of sp³-hybridized carbons (Fsp3) is 0.357. The first-order valence-corrected chi connectivity index (χ1v) is 6.14. The van der Waals surface area contributed by atoms with Crippen LogP contribution in [0.25, 0.3) is 16.7 Å². The fourth-order valence-electron chi connectivity index (χ4n) is 2.20. The molecule has 0 aliphatic carbocycles. The smallest absolute Gasteiger partial charge is 0.222 e. The minimum absolute atomic E-state index is 0.793. The van der Waals surface area contributed by atoms with E-state index in [-0.39, 0.29) is 0 Å². The SMILES string of the molecule is CCN1CC=C(c2nc3ccccc3o2)CC1. The lowest BCUT2D eigenvalue weighted by Crippen LogP contribution is -2.28. The predicted octanol–water partition coefficient (Wildman–Crippen LogP) is 2.94. The van der Waals surface area contributed by atoms with Gasteiger partial charge in [0.15, 0.2) is 5.58 Å². The first-order valence-electron chi connectivity index (χ1n) is 6.14. The molecule has 0 amide bonds. The molecule has 1 aromatic heterocycles. The van der Waals surface area contributed by atoms with Gasteiger partial charge in [0, 0.05) is 18.7 Å². The van der Waals surface area contributed by atoms with E-state index in [9.17, 15) is 0 Å². The van der Waals surface area contributed by atoms with Crippen LogP contribution < -0.4 is 0 Å². The molecule has 0 radical (unpaired) electrons. The van der Waals surface area contributed by atoms with Gasteiger partial charge in [0.2, 0.25) is 5.89 Å². The molecule has 2 aromatic rings. The highest BCUT2D eigenvalue weighted by Gasteiger charge is 2.15. The van der Waals surface area contributed by atoms with Crippen LogP contribution >= 0.6 is 0 Å². The number of hydrogen-bond acceptors (Lipinski definition) is 3. The van der Waals surface area contributed by atoms with Gasteiger partial charge >= 0.3 is 0 Å². The molecule has 0 spiro atoms. The molecule has 0 N–H and O–H groups in total. The van der Waals surface area contributed by atoms with E-state index in [0.29, 0.717) is 0 Å². The molecule has 17 heavy (non-hydrogen) atoms. The first kappa shape index (κ1) is 10.5. The third kappa shape index (κ3) is 1.98. The largest absolute Gasteiger partial charge is 0.436 e. The van der Waals surface area contributed by atoms with E-state index in [1.165, 1.54) is 5.57 Å². The van der Waals surface area contributed by atoms with Crippen molar-refractivity contribution in [2.75, 3.05) is 19.6 Å². The summed E-state index contributed by atoms with van der Waals surface area (Å²) in [4.78, 5) is 6.94. The van der Waals surface area contributed by atoms with Gasteiger partial charge in [0.1, 0.15) is 5.52 Å². The topological polar surface area (TPSA) is 29.3 Å². The third-order valence-electron chi connectivity index (χ3n) is 3.31. The molecule has 0 fully saturated rings. The normalized spacial score (nSPS) is 17.4. The van der Waals surface area contributed by atoms with Gasteiger partial charge < -0.3 is 4.42 Å². The van der Waals surface area contributed by atoms with E-state index >= 15 is 0 Å². The van der Waals surface area contributed by atoms with Crippen molar-refractivity contribution < 1.29 is 4.42 Å². The number of aromatic nitrogens is 1. The summed E-state index contributed by atoms with van der Waals surface area (Å²) in [5, 5.41) is 0. The van der Waals surface area contributed by atoms with Gasteiger partial charge in [-0.25, -0.2) is 4.98 Å². The average molecular weight is 228 g/mol. The molecule has 1 aromatic carbocycles.